The standard InChI is InChI=1S/C25H23N3O3S/c1-31-18-9-10-21-22(15-18)32-25(26-21)27-23(29)17-11-13-28(14-12-17)24(30)20-8-4-6-16-5-2-3-7-19(16)20/h2-10,15,17H,11-14H2,1H3,(H,26,27,29). The van der Waals surface area contributed by atoms with Crippen LogP contribution in [0.1, 0.15) is 23.2 Å². The summed E-state index contributed by atoms with van der Waals surface area (Å²) in [6.45, 7) is 1.13. The quantitative estimate of drug-likeness (QED) is 0.483. The number of anilines is 1. The van der Waals surface area contributed by atoms with Crippen LogP contribution < -0.4 is 10.1 Å². The van der Waals surface area contributed by atoms with E-state index in [-0.39, 0.29) is 17.7 Å². The number of methoxy groups -OCH3 is 1. The minimum atomic E-state index is -0.131. The maximum absolute atomic E-state index is 13.1. The van der Waals surface area contributed by atoms with Gasteiger partial charge in [0.05, 0.1) is 17.3 Å². The zero-order chi connectivity index (χ0) is 22.1. The number of thiazole rings is 1. The molecule has 0 aliphatic carbocycles. The maximum Gasteiger partial charge on any atom is 0.254 e. The molecule has 1 N–H and O–H groups in total. The fourth-order valence-electron chi connectivity index (χ4n) is 4.22. The van der Waals surface area contributed by atoms with Gasteiger partial charge in [0.25, 0.3) is 5.91 Å². The third kappa shape index (κ3) is 3.91. The van der Waals surface area contributed by atoms with Gasteiger partial charge in [0.1, 0.15) is 5.75 Å². The van der Waals surface area contributed by atoms with Crippen molar-refractivity contribution in [1.82, 2.24) is 9.88 Å². The van der Waals surface area contributed by atoms with Crippen molar-refractivity contribution in [2.24, 2.45) is 5.92 Å². The number of rotatable bonds is 4. The third-order valence-corrected chi connectivity index (χ3v) is 6.93. The molecular formula is C25H23N3O3S. The lowest BCUT2D eigenvalue weighted by Gasteiger charge is -2.31. The highest BCUT2D eigenvalue weighted by Gasteiger charge is 2.29. The van der Waals surface area contributed by atoms with Crippen molar-refractivity contribution in [2.45, 2.75) is 12.8 Å². The summed E-state index contributed by atoms with van der Waals surface area (Å²) < 4.78 is 6.22. The summed E-state index contributed by atoms with van der Waals surface area (Å²) in [5.74, 6) is 0.629. The molecule has 2 amide bonds. The lowest BCUT2D eigenvalue weighted by molar-refractivity contribution is -0.121. The molecule has 2 heterocycles. The highest BCUT2D eigenvalue weighted by Crippen LogP contribution is 2.30. The SMILES string of the molecule is COc1ccc2nc(NC(=O)C3CCN(C(=O)c4cccc5ccccc45)CC3)sc2c1. The van der Waals surface area contributed by atoms with E-state index in [9.17, 15) is 9.59 Å². The van der Waals surface area contributed by atoms with Gasteiger partial charge in [0, 0.05) is 24.6 Å². The van der Waals surface area contributed by atoms with Crippen LogP contribution in [-0.4, -0.2) is 41.9 Å². The number of benzene rings is 3. The largest absolute Gasteiger partial charge is 0.497 e. The van der Waals surface area contributed by atoms with E-state index < -0.39 is 0 Å². The maximum atomic E-state index is 13.1. The number of carbonyl (C=O) groups is 2. The van der Waals surface area contributed by atoms with Crippen LogP contribution in [0.15, 0.2) is 60.7 Å². The Bertz CT molecular complexity index is 1300. The molecule has 32 heavy (non-hydrogen) atoms. The van der Waals surface area contributed by atoms with E-state index in [1.807, 2.05) is 65.6 Å². The average Bonchev–Trinajstić information content (AvgIpc) is 3.24. The van der Waals surface area contributed by atoms with Crippen LogP contribution in [-0.2, 0) is 4.79 Å². The molecule has 5 rings (SSSR count). The van der Waals surface area contributed by atoms with Crippen molar-refractivity contribution in [3.05, 3.63) is 66.2 Å². The number of amides is 2. The van der Waals surface area contributed by atoms with Gasteiger partial charge in [-0.3, -0.25) is 9.59 Å². The van der Waals surface area contributed by atoms with Gasteiger partial charge in [0.2, 0.25) is 5.91 Å². The first-order valence-electron chi connectivity index (χ1n) is 10.6. The molecule has 0 bridgehead atoms. The molecule has 7 heteroatoms. The lowest BCUT2D eigenvalue weighted by Crippen LogP contribution is -2.41. The van der Waals surface area contributed by atoms with Gasteiger partial charge < -0.3 is 15.0 Å². The predicted octanol–water partition coefficient (Wildman–Crippen LogP) is 4.95. The van der Waals surface area contributed by atoms with Crippen LogP contribution in [0.3, 0.4) is 0 Å². The zero-order valence-electron chi connectivity index (χ0n) is 17.7. The van der Waals surface area contributed by atoms with E-state index in [0.717, 1.165) is 32.3 Å². The molecule has 1 saturated heterocycles. The van der Waals surface area contributed by atoms with Gasteiger partial charge >= 0.3 is 0 Å². The summed E-state index contributed by atoms with van der Waals surface area (Å²) in [5, 5.41) is 5.57. The Balaban J connectivity index is 1.23. The molecule has 1 aliphatic rings. The van der Waals surface area contributed by atoms with Crippen molar-refractivity contribution in [3.8, 4) is 5.75 Å². The molecule has 0 saturated carbocycles. The monoisotopic (exact) mass is 445 g/mol. The van der Waals surface area contributed by atoms with Gasteiger partial charge in [0.15, 0.2) is 5.13 Å². The van der Waals surface area contributed by atoms with Gasteiger partial charge in [-0.15, -0.1) is 0 Å². The van der Waals surface area contributed by atoms with Crippen LogP contribution in [0.4, 0.5) is 5.13 Å². The average molecular weight is 446 g/mol. The van der Waals surface area contributed by atoms with Gasteiger partial charge in [-0.05, 0) is 47.9 Å². The second-order valence-electron chi connectivity index (χ2n) is 7.94. The summed E-state index contributed by atoms with van der Waals surface area (Å²) in [6, 6.07) is 19.4. The number of piperidine rings is 1. The van der Waals surface area contributed by atoms with E-state index in [2.05, 4.69) is 10.3 Å². The van der Waals surface area contributed by atoms with E-state index in [4.69, 9.17) is 4.74 Å². The fourth-order valence-corrected chi connectivity index (χ4v) is 5.12. The smallest absolute Gasteiger partial charge is 0.254 e. The number of nitrogens with zero attached hydrogens (tertiary/aromatic N) is 2. The van der Waals surface area contributed by atoms with Gasteiger partial charge in [-0.2, -0.15) is 0 Å². The van der Waals surface area contributed by atoms with Crippen LogP contribution in [0, 0.1) is 5.92 Å². The molecule has 0 unspecified atom stereocenters. The van der Waals surface area contributed by atoms with E-state index in [0.29, 0.717) is 31.1 Å². The number of ether oxygens (including phenoxy) is 1. The molecule has 3 aromatic carbocycles. The Morgan fingerprint density at radius 1 is 1.06 bits per heavy atom. The lowest BCUT2D eigenvalue weighted by atomic mass is 9.95. The molecule has 0 atom stereocenters. The minimum Gasteiger partial charge on any atom is -0.497 e. The number of nitrogens with one attached hydrogen (secondary N) is 1. The molecule has 1 aliphatic heterocycles. The first-order valence-corrected chi connectivity index (χ1v) is 11.5. The Morgan fingerprint density at radius 2 is 1.84 bits per heavy atom. The number of carbonyl (C=O) groups excluding carboxylic acids is 2. The number of likely N-dealkylation sites (tertiary alicyclic amines) is 1. The van der Waals surface area contributed by atoms with Gasteiger partial charge in [-0.25, -0.2) is 4.98 Å². The molecule has 4 aromatic rings. The Hall–Kier alpha value is -3.45. The highest BCUT2D eigenvalue weighted by molar-refractivity contribution is 7.22. The molecular weight excluding hydrogens is 422 g/mol. The number of hydrogen-bond acceptors (Lipinski definition) is 5. The normalized spacial score (nSPS) is 14.6. The van der Waals surface area contributed by atoms with Crippen LogP contribution >= 0.6 is 11.3 Å². The van der Waals surface area contributed by atoms with Gasteiger partial charge in [-0.1, -0.05) is 47.7 Å². The molecule has 1 fully saturated rings. The van der Waals surface area contributed by atoms with Crippen molar-refractivity contribution < 1.29 is 14.3 Å². The number of aromatic nitrogens is 1. The highest BCUT2D eigenvalue weighted by atomic mass is 32.1. The van der Waals surface area contributed by atoms with E-state index >= 15 is 0 Å². The summed E-state index contributed by atoms with van der Waals surface area (Å²) in [7, 11) is 1.63. The summed E-state index contributed by atoms with van der Waals surface area (Å²) in [6.07, 6.45) is 1.28. The first-order chi connectivity index (χ1) is 15.6. The summed E-state index contributed by atoms with van der Waals surface area (Å²) in [4.78, 5) is 32.3. The first kappa shape index (κ1) is 20.5. The second-order valence-corrected chi connectivity index (χ2v) is 8.97. The Morgan fingerprint density at radius 3 is 2.66 bits per heavy atom. The van der Waals surface area contributed by atoms with E-state index in [1.165, 1.54) is 11.3 Å². The zero-order valence-corrected chi connectivity index (χ0v) is 18.5. The predicted molar refractivity (Wildman–Crippen MR) is 127 cm³/mol. The molecule has 6 nitrogen and oxygen atoms in total. The molecule has 0 spiro atoms. The topological polar surface area (TPSA) is 71.5 Å². The second kappa shape index (κ2) is 8.59. The molecule has 1 aromatic heterocycles. The number of hydrogen-bond donors (Lipinski definition) is 1. The fraction of sp³-hybridized carbons (Fsp3) is 0.240. The summed E-state index contributed by atoms with van der Waals surface area (Å²) >= 11 is 1.44. The Kier molecular flexibility index (Phi) is 5.49. The van der Waals surface area contributed by atoms with Crippen molar-refractivity contribution in [3.63, 3.8) is 0 Å². The van der Waals surface area contributed by atoms with Crippen LogP contribution in [0.2, 0.25) is 0 Å². The van der Waals surface area contributed by atoms with Crippen molar-refractivity contribution >= 4 is 49.3 Å². The van der Waals surface area contributed by atoms with Crippen molar-refractivity contribution in [2.75, 3.05) is 25.5 Å². The third-order valence-electron chi connectivity index (χ3n) is 6.00. The molecule has 0 radical (unpaired) electrons. The Labute approximate surface area is 189 Å². The minimum absolute atomic E-state index is 0.0285. The molecule has 162 valence electrons. The van der Waals surface area contributed by atoms with Crippen LogP contribution in [0.5, 0.6) is 5.75 Å². The van der Waals surface area contributed by atoms with Crippen molar-refractivity contribution in [1.29, 1.82) is 0 Å². The summed E-state index contributed by atoms with van der Waals surface area (Å²) in [5.41, 5.74) is 1.55. The number of fused-ring (bicyclic) bond motifs is 2. The van der Waals surface area contributed by atoms with E-state index in [1.54, 1.807) is 7.11 Å². The van der Waals surface area contributed by atoms with Crippen LogP contribution in [0.25, 0.3) is 21.0 Å².